The van der Waals surface area contributed by atoms with E-state index in [0.29, 0.717) is 13.1 Å². The van der Waals surface area contributed by atoms with Gasteiger partial charge in [-0.1, -0.05) is 24.3 Å². The second kappa shape index (κ2) is 8.86. The van der Waals surface area contributed by atoms with Gasteiger partial charge in [-0.15, -0.1) is 0 Å². The minimum Gasteiger partial charge on any atom is -0.497 e. The van der Waals surface area contributed by atoms with Crippen molar-refractivity contribution in [3.63, 3.8) is 0 Å². The van der Waals surface area contributed by atoms with Crippen molar-refractivity contribution in [1.29, 1.82) is 0 Å². The van der Waals surface area contributed by atoms with Crippen molar-refractivity contribution in [2.75, 3.05) is 27.2 Å². The highest BCUT2D eigenvalue weighted by Crippen LogP contribution is 2.25. The molecule has 0 amide bonds. The Bertz CT molecular complexity index is 762. The lowest BCUT2D eigenvalue weighted by molar-refractivity contribution is -0.0605. The highest BCUT2D eigenvalue weighted by molar-refractivity contribution is 5.80. The predicted octanol–water partition coefficient (Wildman–Crippen LogP) is 3.37. The Morgan fingerprint density at radius 1 is 1.19 bits per heavy atom. The summed E-state index contributed by atoms with van der Waals surface area (Å²) in [6, 6.07) is 14.5. The van der Waals surface area contributed by atoms with Gasteiger partial charge in [0.2, 0.25) is 0 Å². The number of guanidine groups is 1. The maximum absolute atomic E-state index is 13.2. The molecule has 1 fully saturated rings. The number of nitrogens with one attached hydrogen (secondary N) is 1. The third-order valence-electron chi connectivity index (χ3n) is 4.62. The van der Waals surface area contributed by atoms with E-state index in [1.165, 1.54) is 12.1 Å². The van der Waals surface area contributed by atoms with Crippen LogP contribution in [-0.2, 0) is 11.3 Å². The average molecular weight is 371 g/mol. The van der Waals surface area contributed by atoms with Crippen LogP contribution in [0.4, 0.5) is 4.39 Å². The van der Waals surface area contributed by atoms with Gasteiger partial charge in [0.05, 0.1) is 19.8 Å². The van der Waals surface area contributed by atoms with Crippen molar-refractivity contribution in [3.8, 4) is 5.75 Å². The molecule has 0 spiro atoms. The molecule has 0 radical (unpaired) electrons. The first kappa shape index (κ1) is 19.2. The highest BCUT2D eigenvalue weighted by Gasteiger charge is 2.28. The molecule has 2 aromatic carbocycles. The zero-order chi connectivity index (χ0) is 19.2. The number of rotatable bonds is 4. The van der Waals surface area contributed by atoms with E-state index in [1.54, 1.807) is 26.3 Å². The molecule has 0 bridgehead atoms. The van der Waals surface area contributed by atoms with E-state index in [9.17, 15) is 4.39 Å². The third-order valence-corrected chi connectivity index (χ3v) is 4.62. The normalized spacial score (nSPS) is 20.4. The summed E-state index contributed by atoms with van der Waals surface area (Å²) in [5.41, 5.74) is 2.12. The second-order valence-corrected chi connectivity index (χ2v) is 6.64. The van der Waals surface area contributed by atoms with Gasteiger partial charge >= 0.3 is 0 Å². The summed E-state index contributed by atoms with van der Waals surface area (Å²) in [4.78, 5) is 6.61. The Balaban J connectivity index is 1.65. The van der Waals surface area contributed by atoms with Gasteiger partial charge in [-0.05, 0) is 42.3 Å². The first-order valence-electron chi connectivity index (χ1n) is 9.08. The summed E-state index contributed by atoms with van der Waals surface area (Å²) in [7, 11) is 3.44. The van der Waals surface area contributed by atoms with Gasteiger partial charge in [-0.25, -0.2) is 4.39 Å². The Morgan fingerprint density at radius 3 is 2.52 bits per heavy atom. The molecule has 1 aliphatic rings. The molecule has 0 aromatic heterocycles. The van der Waals surface area contributed by atoms with E-state index in [2.05, 4.69) is 15.2 Å². The molecular formula is C21H26FN3O2. The lowest BCUT2D eigenvalue weighted by atomic mass is 10.1. The van der Waals surface area contributed by atoms with Crippen LogP contribution in [0, 0.1) is 5.82 Å². The lowest BCUT2D eigenvalue weighted by Gasteiger charge is -2.38. The van der Waals surface area contributed by atoms with Crippen molar-refractivity contribution >= 4 is 5.96 Å². The molecular weight excluding hydrogens is 345 g/mol. The summed E-state index contributed by atoms with van der Waals surface area (Å²) in [5.74, 6) is 1.43. The fourth-order valence-electron chi connectivity index (χ4n) is 3.24. The van der Waals surface area contributed by atoms with Crippen LogP contribution in [-0.4, -0.2) is 44.2 Å². The summed E-state index contributed by atoms with van der Waals surface area (Å²) in [6.45, 7) is 4.13. The van der Waals surface area contributed by atoms with Crippen LogP contribution in [0.5, 0.6) is 5.75 Å². The number of ether oxygens (including phenoxy) is 2. The summed E-state index contributed by atoms with van der Waals surface area (Å²) < 4.78 is 24.5. The average Bonchev–Trinajstić information content (AvgIpc) is 2.69. The highest BCUT2D eigenvalue weighted by atomic mass is 19.1. The van der Waals surface area contributed by atoms with E-state index in [-0.39, 0.29) is 18.0 Å². The molecule has 2 atom stereocenters. The Morgan fingerprint density at radius 2 is 1.89 bits per heavy atom. The van der Waals surface area contributed by atoms with Crippen LogP contribution in [0.1, 0.15) is 24.2 Å². The molecule has 27 heavy (non-hydrogen) atoms. The van der Waals surface area contributed by atoms with Gasteiger partial charge in [-0.2, -0.15) is 0 Å². The van der Waals surface area contributed by atoms with Gasteiger partial charge in [0.15, 0.2) is 5.96 Å². The number of halogens is 1. The van der Waals surface area contributed by atoms with Gasteiger partial charge in [0.25, 0.3) is 0 Å². The third kappa shape index (κ3) is 4.98. The number of hydrogen-bond donors (Lipinski definition) is 1. The smallest absolute Gasteiger partial charge is 0.194 e. The second-order valence-electron chi connectivity index (χ2n) is 6.64. The van der Waals surface area contributed by atoms with Crippen molar-refractivity contribution in [2.45, 2.75) is 25.7 Å². The first-order chi connectivity index (χ1) is 13.1. The van der Waals surface area contributed by atoms with E-state index < -0.39 is 0 Å². The van der Waals surface area contributed by atoms with Crippen LogP contribution in [0.15, 0.2) is 53.5 Å². The van der Waals surface area contributed by atoms with Gasteiger partial charge in [-0.3, -0.25) is 4.99 Å². The van der Waals surface area contributed by atoms with E-state index in [4.69, 9.17) is 9.47 Å². The van der Waals surface area contributed by atoms with Crippen LogP contribution in [0.2, 0.25) is 0 Å². The first-order valence-corrected chi connectivity index (χ1v) is 9.08. The number of nitrogens with zero attached hydrogens (tertiary/aromatic N) is 2. The van der Waals surface area contributed by atoms with Gasteiger partial charge in [0.1, 0.15) is 17.7 Å². The van der Waals surface area contributed by atoms with E-state index >= 15 is 0 Å². The molecule has 0 aliphatic carbocycles. The van der Waals surface area contributed by atoms with Crippen molar-refractivity contribution in [1.82, 2.24) is 10.2 Å². The van der Waals surface area contributed by atoms with E-state index in [0.717, 1.165) is 29.4 Å². The number of morpholine rings is 1. The Hall–Kier alpha value is -2.60. The lowest BCUT2D eigenvalue weighted by Crippen LogP contribution is -2.50. The summed E-state index contributed by atoms with van der Waals surface area (Å²) in [5, 5.41) is 3.41. The predicted molar refractivity (Wildman–Crippen MR) is 104 cm³/mol. The fourth-order valence-corrected chi connectivity index (χ4v) is 3.24. The molecule has 0 saturated carbocycles. The Labute approximate surface area is 159 Å². The topological polar surface area (TPSA) is 46.1 Å². The number of aliphatic imine (C=N–C) groups is 1. The molecule has 1 saturated heterocycles. The van der Waals surface area contributed by atoms with Gasteiger partial charge < -0.3 is 19.7 Å². The number of benzene rings is 2. The minimum absolute atomic E-state index is 0.0494. The van der Waals surface area contributed by atoms with E-state index in [1.807, 2.05) is 31.2 Å². The molecule has 1 heterocycles. The van der Waals surface area contributed by atoms with Crippen LogP contribution in [0.3, 0.4) is 0 Å². The zero-order valence-electron chi connectivity index (χ0n) is 16.0. The molecule has 5 nitrogen and oxygen atoms in total. The number of hydrogen-bond acceptors (Lipinski definition) is 3. The van der Waals surface area contributed by atoms with Gasteiger partial charge in [0, 0.05) is 20.1 Å². The van der Waals surface area contributed by atoms with Crippen LogP contribution in [0.25, 0.3) is 0 Å². The molecule has 1 aliphatic heterocycles. The monoisotopic (exact) mass is 371 g/mol. The maximum Gasteiger partial charge on any atom is 0.194 e. The van der Waals surface area contributed by atoms with Crippen LogP contribution >= 0.6 is 0 Å². The van der Waals surface area contributed by atoms with Crippen molar-refractivity contribution in [3.05, 3.63) is 65.5 Å². The zero-order valence-corrected chi connectivity index (χ0v) is 16.0. The molecule has 6 heteroatoms. The molecule has 3 rings (SSSR count). The molecule has 2 unspecified atom stereocenters. The maximum atomic E-state index is 13.2. The SMILES string of the molecule is CN=C(NCc1ccc(OC)cc1)N1CC(C)OC(c2ccc(F)cc2)C1. The fraction of sp³-hybridized carbons (Fsp3) is 0.381. The molecule has 144 valence electrons. The Kier molecular flexibility index (Phi) is 6.29. The van der Waals surface area contributed by atoms with Crippen molar-refractivity contribution in [2.24, 2.45) is 4.99 Å². The number of methoxy groups -OCH3 is 1. The quantitative estimate of drug-likeness (QED) is 0.661. The minimum atomic E-state index is -0.239. The van der Waals surface area contributed by atoms with Crippen LogP contribution < -0.4 is 10.1 Å². The molecule has 2 aromatic rings. The van der Waals surface area contributed by atoms with Crippen molar-refractivity contribution < 1.29 is 13.9 Å². The standard InChI is InChI=1S/C21H26FN3O2/c1-15-13-25(14-20(27-15)17-6-8-18(22)9-7-17)21(23-2)24-12-16-4-10-19(26-3)11-5-16/h4-11,15,20H,12-14H2,1-3H3,(H,23,24). The summed E-state index contributed by atoms with van der Waals surface area (Å²) >= 11 is 0. The largest absolute Gasteiger partial charge is 0.497 e. The summed E-state index contributed by atoms with van der Waals surface area (Å²) in [6.07, 6.45) is -0.0674. The molecule has 1 N–H and O–H groups in total.